The van der Waals surface area contributed by atoms with Crippen LogP contribution in [0.15, 0.2) is 30.3 Å². The van der Waals surface area contributed by atoms with E-state index >= 15 is 0 Å². The molecule has 0 unspecified atom stereocenters. The smallest absolute Gasteiger partial charge is 0.270 e. The van der Waals surface area contributed by atoms with Crippen molar-refractivity contribution in [2.75, 3.05) is 5.32 Å². The Kier molecular flexibility index (Phi) is 6.20. The number of carbonyl (C=O) groups excluding carboxylic acids is 2. The van der Waals surface area contributed by atoms with Crippen LogP contribution >= 0.6 is 11.3 Å². The number of hydrogen-bond acceptors (Lipinski definition) is 5. The van der Waals surface area contributed by atoms with E-state index in [2.05, 4.69) is 5.32 Å². The van der Waals surface area contributed by atoms with Crippen LogP contribution in [0.4, 0.5) is 10.7 Å². The molecule has 1 aliphatic rings. The van der Waals surface area contributed by atoms with Gasteiger partial charge in [0.1, 0.15) is 5.00 Å². The second-order valence-electron chi connectivity index (χ2n) is 6.66. The highest BCUT2D eigenvalue weighted by atomic mass is 32.1. The van der Waals surface area contributed by atoms with Gasteiger partial charge in [-0.05, 0) is 42.9 Å². The number of nitro groups is 1. The largest absolute Gasteiger partial charge is 0.365 e. The maximum absolute atomic E-state index is 12.4. The quantitative estimate of drug-likeness (QED) is 0.448. The lowest BCUT2D eigenvalue weighted by molar-refractivity contribution is -0.384. The Hall–Kier alpha value is -3.00. The van der Waals surface area contributed by atoms with Crippen LogP contribution in [-0.2, 0) is 17.6 Å². The van der Waals surface area contributed by atoms with Crippen molar-refractivity contribution in [3.05, 3.63) is 62.0 Å². The molecule has 0 bridgehead atoms. The Morgan fingerprint density at radius 1 is 1.18 bits per heavy atom. The number of benzene rings is 1. The van der Waals surface area contributed by atoms with Gasteiger partial charge in [0, 0.05) is 23.1 Å². The molecule has 3 rings (SSSR count). The van der Waals surface area contributed by atoms with Crippen LogP contribution in [0.5, 0.6) is 0 Å². The number of anilines is 1. The summed E-state index contributed by atoms with van der Waals surface area (Å²) < 4.78 is 0. The van der Waals surface area contributed by atoms with Crippen LogP contribution in [0.25, 0.3) is 6.08 Å². The number of rotatable bonds is 5. The summed E-state index contributed by atoms with van der Waals surface area (Å²) >= 11 is 1.41. The van der Waals surface area contributed by atoms with E-state index < -0.39 is 16.7 Å². The Morgan fingerprint density at radius 2 is 1.93 bits per heavy atom. The van der Waals surface area contributed by atoms with Crippen LogP contribution < -0.4 is 11.1 Å². The second-order valence-corrected chi connectivity index (χ2v) is 7.77. The van der Waals surface area contributed by atoms with Gasteiger partial charge in [0.2, 0.25) is 5.91 Å². The third-order valence-electron chi connectivity index (χ3n) is 4.66. The van der Waals surface area contributed by atoms with Crippen molar-refractivity contribution in [2.24, 2.45) is 5.73 Å². The number of nitrogens with one attached hydrogen (secondary N) is 1. The van der Waals surface area contributed by atoms with Gasteiger partial charge >= 0.3 is 0 Å². The van der Waals surface area contributed by atoms with E-state index in [-0.39, 0.29) is 5.69 Å². The summed E-state index contributed by atoms with van der Waals surface area (Å²) in [4.78, 5) is 35.8. The topological polar surface area (TPSA) is 115 Å². The zero-order valence-electron chi connectivity index (χ0n) is 15.3. The van der Waals surface area contributed by atoms with Crippen molar-refractivity contribution in [2.45, 2.75) is 38.5 Å². The van der Waals surface area contributed by atoms with E-state index in [9.17, 15) is 19.7 Å². The van der Waals surface area contributed by atoms with Crippen molar-refractivity contribution in [1.29, 1.82) is 0 Å². The fourth-order valence-corrected chi connectivity index (χ4v) is 4.63. The molecular formula is C20H21N3O4S. The third kappa shape index (κ3) is 4.64. The van der Waals surface area contributed by atoms with Gasteiger partial charge in [-0.1, -0.05) is 25.0 Å². The molecule has 0 saturated carbocycles. The number of primary amides is 1. The average molecular weight is 399 g/mol. The molecule has 28 heavy (non-hydrogen) atoms. The zero-order chi connectivity index (χ0) is 20.1. The molecule has 1 aromatic heterocycles. The van der Waals surface area contributed by atoms with E-state index in [1.165, 1.54) is 35.6 Å². The van der Waals surface area contributed by atoms with E-state index in [4.69, 9.17) is 5.73 Å². The van der Waals surface area contributed by atoms with Crippen molar-refractivity contribution in [1.82, 2.24) is 0 Å². The zero-order valence-corrected chi connectivity index (χ0v) is 16.1. The fourth-order valence-electron chi connectivity index (χ4n) is 3.34. The summed E-state index contributed by atoms with van der Waals surface area (Å²) in [5, 5.41) is 14.1. The first-order chi connectivity index (χ1) is 13.5. The maximum Gasteiger partial charge on any atom is 0.270 e. The molecule has 1 aromatic carbocycles. The number of carbonyl (C=O) groups is 2. The van der Waals surface area contributed by atoms with Gasteiger partial charge < -0.3 is 11.1 Å². The molecule has 2 amide bonds. The minimum atomic E-state index is -0.531. The van der Waals surface area contributed by atoms with Crippen LogP contribution in [-0.4, -0.2) is 16.7 Å². The molecule has 146 valence electrons. The molecule has 1 aliphatic carbocycles. The maximum atomic E-state index is 12.4. The standard InChI is InChI=1S/C20H21N3O4S/c21-19(25)18-15-8-3-1-2-4-9-16(15)28-20(18)22-17(24)11-10-13-6-5-7-14(12-13)23(26)27/h5-7,10-12H,1-4,8-9H2,(H2,21,25)(H,22,24)/b11-10+. The first-order valence-electron chi connectivity index (χ1n) is 9.13. The van der Waals surface area contributed by atoms with E-state index in [0.29, 0.717) is 16.1 Å². The number of nitro benzene ring substituents is 1. The molecule has 0 spiro atoms. The number of thiophene rings is 1. The molecule has 8 heteroatoms. The van der Waals surface area contributed by atoms with E-state index in [1.54, 1.807) is 12.1 Å². The van der Waals surface area contributed by atoms with Crippen LogP contribution in [0.1, 0.15) is 52.0 Å². The predicted octanol–water partition coefficient (Wildman–Crippen LogP) is 4.07. The molecule has 1 heterocycles. The SMILES string of the molecule is NC(=O)c1c(NC(=O)/C=C/c2cccc([N+](=O)[O-])c2)sc2c1CCCCCC2. The van der Waals surface area contributed by atoms with Gasteiger partial charge in [0.25, 0.3) is 11.6 Å². The Labute approximate surface area is 166 Å². The normalized spacial score (nSPS) is 14.1. The lowest BCUT2D eigenvalue weighted by Crippen LogP contribution is -2.17. The van der Waals surface area contributed by atoms with Crippen molar-refractivity contribution >= 4 is 39.9 Å². The Bertz CT molecular complexity index is 949. The molecular weight excluding hydrogens is 378 g/mol. The Morgan fingerprint density at radius 3 is 2.64 bits per heavy atom. The summed E-state index contributed by atoms with van der Waals surface area (Å²) in [5.41, 5.74) is 7.47. The number of non-ortho nitro benzene ring substituents is 1. The predicted molar refractivity (Wildman–Crippen MR) is 109 cm³/mol. The van der Waals surface area contributed by atoms with Gasteiger partial charge in [-0.15, -0.1) is 11.3 Å². The fraction of sp³-hybridized carbons (Fsp3) is 0.300. The average Bonchev–Trinajstić information content (AvgIpc) is 2.96. The highest BCUT2D eigenvalue weighted by Crippen LogP contribution is 2.36. The number of fused-ring (bicyclic) bond motifs is 1. The lowest BCUT2D eigenvalue weighted by Gasteiger charge is -2.10. The molecule has 2 aromatic rings. The van der Waals surface area contributed by atoms with Gasteiger partial charge in [-0.3, -0.25) is 19.7 Å². The number of aryl methyl sites for hydroxylation is 1. The molecule has 3 N–H and O–H groups in total. The third-order valence-corrected chi connectivity index (χ3v) is 5.87. The summed E-state index contributed by atoms with van der Waals surface area (Å²) in [6, 6.07) is 6.00. The van der Waals surface area contributed by atoms with Gasteiger partial charge in [-0.2, -0.15) is 0 Å². The molecule has 0 atom stereocenters. The highest BCUT2D eigenvalue weighted by molar-refractivity contribution is 7.17. The van der Waals surface area contributed by atoms with E-state index in [1.807, 2.05) is 0 Å². The van der Waals surface area contributed by atoms with Gasteiger partial charge in [-0.25, -0.2) is 0 Å². The van der Waals surface area contributed by atoms with Crippen molar-refractivity contribution < 1.29 is 14.5 Å². The number of hydrogen-bond donors (Lipinski definition) is 2. The minimum Gasteiger partial charge on any atom is -0.365 e. The van der Waals surface area contributed by atoms with E-state index in [0.717, 1.165) is 49.0 Å². The van der Waals surface area contributed by atoms with Crippen molar-refractivity contribution in [3.8, 4) is 0 Å². The summed E-state index contributed by atoms with van der Waals surface area (Å²) in [6.07, 6.45) is 8.83. The number of nitrogens with zero attached hydrogens (tertiary/aromatic N) is 1. The molecule has 0 saturated heterocycles. The van der Waals surface area contributed by atoms with Gasteiger partial charge in [0.15, 0.2) is 0 Å². The summed E-state index contributed by atoms with van der Waals surface area (Å²) in [5.74, 6) is -0.945. The molecule has 0 radical (unpaired) electrons. The van der Waals surface area contributed by atoms with Crippen LogP contribution in [0.3, 0.4) is 0 Å². The van der Waals surface area contributed by atoms with Crippen LogP contribution in [0.2, 0.25) is 0 Å². The molecule has 7 nitrogen and oxygen atoms in total. The number of amides is 2. The number of nitrogens with two attached hydrogens (primary N) is 1. The molecule has 0 fully saturated rings. The summed E-state index contributed by atoms with van der Waals surface area (Å²) in [7, 11) is 0. The first kappa shape index (κ1) is 19.8. The minimum absolute atomic E-state index is 0.0448. The Balaban J connectivity index is 1.80. The first-order valence-corrected chi connectivity index (χ1v) is 9.95. The molecule has 0 aliphatic heterocycles. The second kappa shape index (κ2) is 8.79. The van der Waals surface area contributed by atoms with Gasteiger partial charge in [0.05, 0.1) is 10.5 Å². The highest BCUT2D eigenvalue weighted by Gasteiger charge is 2.23. The monoisotopic (exact) mass is 399 g/mol. The lowest BCUT2D eigenvalue weighted by atomic mass is 9.96. The summed E-state index contributed by atoms with van der Waals surface area (Å²) in [6.45, 7) is 0. The van der Waals surface area contributed by atoms with Crippen LogP contribution in [0, 0.1) is 10.1 Å². The van der Waals surface area contributed by atoms with Crippen molar-refractivity contribution in [3.63, 3.8) is 0 Å².